The van der Waals surface area contributed by atoms with Crippen molar-refractivity contribution in [1.29, 1.82) is 0 Å². The zero-order chi connectivity index (χ0) is 12.8. The van der Waals surface area contributed by atoms with Gasteiger partial charge in [-0.15, -0.1) is 0 Å². The van der Waals surface area contributed by atoms with Crippen molar-refractivity contribution in [2.45, 2.75) is 13.1 Å². The van der Waals surface area contributed by atoms with Gasteiger partial charge in [0.2, 0.25) is 5.91 Å². The molecule has 2 rings (SSSR count). The monoisotopic (exact) mass is 242 g/mol. The smallest absolute Gasteiger partial charge is 0.248 e. The number of amides is 1. The van der Waals surface area contributed by atoms with E-state index in [2.05, 4.69) is 15.5 Å². The number of primary amides is 1. The molecule has 1 heterocycles. The van der Waals surface area contributed by atoms with Gasteiger partial charge >= 0.3 is 0 Å². The van der Waals surface area contributed by atoms with Crippen LogP contribution >= 0.6 is 0 Å². The van der Waals surface area contributed by atoms with Crippen molar-refractivity contribution in [2.75, 3.05) is 0 Å². The van der Waals surface area contributed by atoms with Gasteiger partial charge in [-0.25, -0.2) is 0 Å². The van der Waals surface area contributed by atoms with E-state index in [1.807, 2.05) is 24.3 Å². The number of rotatable bonds is 5. The summed E-state index contributed by atoms with van der Waals surface area (Å²) >= 11 is 0. The molecule has 18 heavy (non-hydrogen) atoms. The summed E-state index contributed by atoms with van der Waals surface area (Å²) in [6, 6.07) is 11.0. The summed E-state index contributed by atoms with van der Waals surface area (Å²) in [5.41, 5.74) is 7.63. The first-order chi connectivity index (χ1) is 8.75. The lowest BCUT2D eigenvalue weighted by Gasteiger charge is -2.05. The van der Waals surface area contributed by atoms with Crippen molar-refractivity contribution >= 4 is 5.91 Å². The molecule has 3 N–H and O–H groups in total. The molecule has 0 aliphatic rings. The van der Waals surface area contributed by atoms with Crippen LogP contribution in [0.25, 0.3) is 0 Å². The van der Waals surface area contributed by atoms with Crippen LogP contribution in [0, 0.1) is 0 Å². The van der Waals surface area contributed by atoms with Gasteiger partial charge in [0.1, 0.15) is 0 Å². The standard InChI is InChI=1S/C13H14N4O/c14-13(18)11-4-1-3-10(7-11)8-15-9-12-5-2-6-16-17-12/h1-7,15H,8-9H2,(H2,14,18). The number of carbonyl (C=O) groups excluding carboxylic acids is 1. The molecule has 92 valence electrons. The normalized spacial score (nSPS) is 10.2. The fourth-order valence-corrected chi connectivity index (χ4v) is 1.60. The molecule has 0 saturated carbocycles. The minimum Gasteiger partial charge on any atom is -0.366 e. The number of aromatic nitrogens is 2. The Bertz CT molecular complexity index is 528. The molecule has 0 saturated heterocycles. The topological polar surface area (TPSA) is 80.9 Å². The highest BCUT2D eigenvalue weighted by Crippen LogP contribution is 2.04. The SMILES string of the molecule is NC(=O)c1cccc(CNCc2cccnn2)c1. The van der Waals surface area contributed by atoms with Crippen LogP contribution in [0.5, 0.6) is 0 Å². The van der Waals surface area contributed by atoms with Gasteiger partial charge in [0.25, 0.3) is 0 Å². The fraction of sp³-hybridized carbons (Fsp3) is 0.154. The Morgan fingerprint density at radius 3 is 2.83 bits per heavy atom. The maximum absolute atomic E-state index is 11.0. The Kier molecular flexibility index (Phi) is 3.98. The summed E-state index contributed by atoms with van der Waals surface area (Å²) in [6.07, 6.45) is 1.64. The Morgan fingerprint density at radius 2 is 2.11 bits per heavy atom. The Morgan fingerprint density at radius 1 is 1.22 bits per heavy atom. The number of nitrogens with two attached hydrogens (primary N) is 1. The van der Waals surface area contributed by atoms with E-state index in [1.54, 1.807) is 18.3 Å². The molecule has 1 aromatic carbocycles. The van der Waals surface area contributed by atoms with Gasteiger partial charge in [0.05, 0.1) is 5.69 Å². The first-order valence-corrected chi connectivity index (χ1v) is 5.62. The van der Waals surface area contributed by atoms with Gasteiger partial charge in [0.15, 0.2) is 0 Å². The van der Waals surface area contributed by atoms with Crippen LogP contribution in [0.3, 0.4) is 0 Å². The average Bonchev–Trinajstić information content (AvgIpc) is 2.40. The van der Waals surface area contributed by atoms with Gasteiger partial charge in [-0.05, 0) is 29.8 Å². The quantitative estimate of drug-likeness (QED) is 0.815. The van der Waals surface area contributed by atoms with Crippen LogP contribution in [-0.2, 0) is 13.1 Å². The lowest BCUT2D eigenvalue weighted by atomic mass is 10.1. The molecule has 1 aromatic heterocycles. The molecule has 0 unspecified atom stereocenters. The number of hydrogen-bond donors (Lipinski definition) is 2. The van der Waals surface area contributed by atoms with Gasteiger partial charge in [-0.3, -0.25) is 4.79 Å². The molecule has 0 fully saturated rings. The lowest BCUT2D eigenvalue weighted by molar-refractivity contribution is 0.1000. The van der Waals surface area contributed by atoms with Crippen molar-refractivity contribution < 1.29 is 4.79 Å². The molecule has 2 aromatic rings. The zero-order valence-corrected chi connectivity index (χ0v) is 9.84. The first kappa shape index (κ1) is 12.2. The second-order valence-corrected chi connectivity index (χ2v) is 3.88. The molecule has 5 heteroatoms. The molecule has 1 amide bonds. The molecular formula is C13H14N4O. The fourth-order valence-electron chi connectivity index (χ4n) is 1.60. The third kappa shape index (κ3) is 3.36. The van der Waals surface area contributed by atoms with E-state index in [-0.39, 0.29) is 0 Å². The van der Waals surface area contributed by atoms with Crippen LogP contribution in [0.15, 0.2) is 42.6 Å². The largest absolute Gasteiger partial charge is 0.366 e. The summed E-state index contributed by atoms with van der Waals surface area (Å²) in [5, 5.41) is 11.0. The minimum atomic E-state index is -0.411. The molecule has 0 radical (unpaired) electrons. The van der Waals surface area contributed by atoms with Crippen LogP contribution in [0.4, 0.5) is 0 Å². The molecule has 0 aliphatic carbocycles. The highest BCUT2D eigenvalue weighted by atomic mass is 16.1. The number of carbonyl (C=O) groups is 1. The van der Waals surface area contributed by atoms with E-state index in [1.165, 1.54) is 0 Å². The van der Waals surface area contributed by atoms with E-state index in [9.17, 15) is 4.79 Å². The number of nitrogens with zero attached hydrogens (tertiary/aromatic N) is 2. The number of nitrogens with one attached hydrogen (secondary N) is 1. The predicted molar refractivity (Wildman–Crippen MR) is 67.5 cm³/mol. The Labute approximate surface area is 105 Å². The maximum Gasteiger partial charge on any atom is 0.248 e. The highest BCUT2D eigenvalue weighted by Gasteiger charge is 2.01. The summed E-state index contributed by atoms with van der Waals surface area (Å²) in [5.74, 6) is -0.411. The average molecular weight is 242 g/mol. The van der Waals surface area contributed by atoms with Crippen molar-refractivity contribution in [2.24, 2.45) is 5.73 Å². The second kappa shape index (κ2) is 5.88. The number of hydrogen-bond acceptors (Lipinski definition) is 4. The minimum absolute atomic E-state index is 0.411. The molecule has 5 nitrogen and oxygen atoms in total. The van der Waals surface area contributed by atoms with E-state index in [4.69, 9.17) is 5.73 Å². The van der Waals surface area contributed by atoms with E-state index >= 15 is 0 Å². The first-order valence-electron chi connectivity index (χ1n) is 5.62. The molecule has 0 bridgehead atoms. The van der Waals surface area contributed by atoms with Crippen molar-refractivity contribution in [3.8, 4) is 0 Å². The van der Waals surface area contributed by atoms with Crippen molar-refractivity contribution in [3.63, 3.8) is 0 Å². The maximum atomic E-state index is 11.0. The second-order valence-electron chi connectivity index (χ2n) is 3.88. The van der Waals surface area contributed by atoms with E-state index in [0.717, 1.165) is 11.3 Å². The van der Waals surface area contributed by atoms with Crippen LogP contribution in [0.2, 0.25) is 0 Å². The molecule has 0 atom stereocenters. The van der Waals surface area contributed by atoms with E-state index < -0.39 is 5.91 Å². The Balaban J connectivity index is 1.90. The van der Waals surface area contributed by atoms with Crippen LogP contribution in [-0.4, -0.2) is 16.1 Å². The predicted octanol–water partition coefficient (Wildman–Crippen LogP) is 0.865. The third-order valence-electron chi connectivity index (χ3n) is 2.47. The van der Waals surface area contributed by atoms with Crippen LogP contribution < -0.4 is 11.1 Å². The summed E-state index contributed by atoms with van der Waals surface area (Å²) in [4.78, 5) is 11.0. The van der Waals surface area contributed by atoms with Gasteiger partial charge in [-0.1, -0.05) is 12.1 Å². The Hall–Kier alpha value is -2.27. The third-order valence-corrected chi connectivity index (χ3v) is 2.47. The number of benzene rings is 1. The summed E-state index contributed by atoms with van der Waals surface area (Å²) in [6.45, 7) is 1.28. The van der Waals surface area contributed by atoms with Gasteiger partial charge in [-0.2, -0.15) is 10.2 Å². The lowest BCUT2D eigenvalue weighted by Crippen LogP contribution is -2.15. The van der Waals surface area contributed by atoms with E-state index in [0.29, 0.717) is 18.7 Å². The van der Waals surface area contributed by atoms with Gasteiger partial charge in [0, 0.05) is 24.8 Å². The van der Waals surface area contributed by atoms with Crippen molar-refractivity contribution in [1.82, 2.24) is 15.5 Å². The summed E-state index contributed by atoms with van der Waals surface area (Å²) < 4.78 is 0. The molecular weight excluding hydrogens is 228 g/mol. The van der Waals surface area contributed by atoms with Crippen LogP contribution in [0.1, 0.15) is 21.6 Å². The highest BCUT2D eigenvalue weighted by molar-refractivity contribution is 5.92. The molecule has 0 spiro atoms. The summed E-state index contributed by atoms with van der Waals surface area (Å²) in [7, 11) is 0. The zero-order valence-electron chi connectivity index (χ0n) is 9.84. The van der Waals surface area contributed by atoms with Crippen molar-refractivity contribution in [3.05, 3.63) is 59.4 Å². The molecule has 0 aliphatic heterocycles. The van der Waals surface area contributed by atoms with Gasteiger partial charge < -0.3 is 11.1 Å².